The standard InChI is InChI=1S/C2H5O3P/c1-2(3)6(4)5/h6H,1H3,(H,4,5). The molecule has 0 aliphatic heterocycles. The van der Waals surface area contributed by atoms with Crippen molar-refractivity contribution in [1.82, 2.24) is 0 Å². The van der Waals surface area contributed by atoms with Crippen molar-refractivity contribution in [3.8, 4) is 0 Å². The third-order valence-corrected chi connectivity index (χ3v) is 0.904. The molecule has 0 rings (SSSR count). The zero-order valence-electron chi connectivity index (χ0n) is 3.26. The smallest absolute Gasteiger partial charge is 0.252 e. The summed E-state index contributed by atoms with van der Waals surface area (Å²) >= 11 is 0. The molecule has 0 aromatic rings. The minimum Gasteiger partial charge on any atom is -0.341 e. The van der Waals surface area contributed by atoms with Gasteiger partial charge in [0.15, 0.2) is 0 Å². The molecular formula is C2H5O3P. The summed E-state index contributed by atoms with van der Waals surface area (Å²) in [6, 6.07) is 0. The molecule has 1 N–H and O–H groups in total. The van der Waals surface area contributed by atoms with Crippen molar-refractivity contribution in [3.05, 3.63) is 0 Å². The van der Waals surface area contributed by atoms with Crippen molar-refractivity contribution >= 4 is 13.6 Å². The van der Waals surface area contributed by atoms with Crippen molar-refractivity contribution in [2.45, 2.75) is 6.92 Å². The van der Waals surface area contributed by atoms with Gasteiger partial charge in [-0.15, -0.1) is 0 Å². The lowest BCUT2D eigenvalue weighted by Crippen LogP contribution is -1.74. The van der Waals surface area contributed by atoms with Gasteiger partial charge >= 0.3 is 0 Å². The van der Waals surface area contributed by atoms with Crippen LogP contribution in [0.5, 0.6) is 0 Å². The quantitative estimate of drug-likeness (QED) is 0.481. The van der Waals surface area contributed by atoms with E-state index in [2.05, 4.69) is 0 Å². The molecule has 0 aliphatic carbocycles. The Morgan fingerprint density at radius 2 is 2.00 bits per heavy atom. The number of rotatable bonds is 1. The van der Waals surface area contributed by atoms with Crippen molar-refractivity contribution in [3.63, 3.8) is 0 Å². The Morgan fingerprint density at radius 1 is 1.83 bits per heavy atom. The van der Waals surface area contributed by atoms with Crippen LogP contribution >= 0.6 is 8.03 Å². The molecule has 1 unspecified atom stereocenters. The van der Waals surface area contributed by atoms with E-state index < -0.39 is 13.6 Å². The molecule has 0 fully saturated rings. The minimum absolute atomic E-state index is 0.639. The van der Waals surface area contributed by atoms with Gasteiger partial charge in [-0.1, -0.05) is 0 Å². The second-order valence-electron chi connectivity index (χ2n) is 0.861. The van der Waals surface area contributed by atoms with E-state index in [1.165, 1.54) is 0 Å². The maximum Gasteiger partial charge on any atom is 0.252 e. The predicted molar refractivity (Wildman–Crippen MR) is 21.9 cm³/mol. The van der Waals surface area contributed by atoms with Gasteiger partial charge in [0.2, 0.25) is 5.52 Å². The van der Waals surface area contributed by atoms with E-state index in [4.69, 9.17) is 4.89 Å². The van der Waals surface area contributed by atoms with E-state index in [9.17, 15) is 9.36 Å². The van der Waals surface area contributed by atoms with E-state index in [-0.39, 0.29) is 0 Å². The van der Waals surface area contributed by atoms with Crippen LogP contribution in [0.2, 0.25) is 0 Å². The fourth-order valence-electron chi connectivity index (χ4n) is 0. The lowest BCUT2D eigenvalue weighted by molar-refractivity contribution is -0.110. The second kappa shape index (κ2) is 2.11. The number of carbonyl (C=O) groups excluding carboxylic acids is 1. The first-order chi connectivity index (χ1) is 2.64. The summed E-state index contributed by atoms with van der Waals surface area (Å²) in [7, 11) is -2.84. The van der Waals surface area contributed by atoms with Crippen LogP contribution in [-0.2, 0) is 9.36 Å². The summed E-state index contributed by atoms with van der Waals surface area (Å²) in [5.41, 5.74) is -0.639. The van der Waals surface area contributed by atoms with Crippen molar-refractivity contribution in [2.75, 3.05) is 0 Å². The monoisotopic (exact) mass is 108 g/mol. The normalized spacial score (nSPS) is 13.7. The summed E-state index contributed by atoms with van der Waals surface area (Å²) < 4.78 is 9.53. The molecule has 1 atom stereocenters. The van der Waals surface area contributed by atoms with Gasteiger partial charge < -0.3 is 4.89 Å². The Labute approximate surface area is 35.9 Å². The molecule has 0 heterocycles. The minimum atomic E-state index is -2.84. The number of carbonyl (C=O) groups is 1. The Balaban J connectivity index is 3.57. The molecule has 0 amide bonds. The molecule has 0 radical (unpaired) electrons. The summed E-state index contributed by atoms with van der Waals surface area (Å²) in [5.74, 6) is 0. The Hall–Kier alpha value is -0.140. The van der Waals surface area contributed by atoms with Gasteiger partial charge in [-0.05, 0) is 0 Å². The van der Waals surface area contributed by atoms with E-state index in [0.29, 0.717) is 0 Å². The van der Waals surface area contributed by atoms with Crippen molar-refractivity contribution < 1.29 is 14.3 Å². The Kier molecular flexibility index (Phi) is 2.06. The zero-order chi connectivity index (χ0) is 5.15. The first-order valence-electron chi connectivity index (χ1n) is 1.38. The molecule has 0 saturated carbocycles. The van der Waals surface area contributed by atoms with Gasteiger partial charge in [-0.3, -0.25) is 9.36 Å². The molecule has 0 aromatic carbocycles. The van der Waals surface area contributed by atoms with Gasteiger partial charge in [-0.2, -0.15) is 0 Å². The van der Waals surface area contributed by atoms with Gasteiger partial charge in [0, 0.05) is 6.92 Å². The topological polar surface area (TPSA) is 54.4 Å². The first kappa shape index (κ1) is 5.86. The van der Waals surface area contributed by atoms with Crippen LogP contribution in [-0.4, -0.2) is 10.4 Å². The lowest BCUT2D eigenvalue weighted by Gasteiger charge is -1.75. The van der Waals surface area contributed by atoms with E-state index in [1.807, 2.05) is 0 Å². The Bertz CT molecular complexity index is 74.8. The average molecular weight is 108 g/mol. The van der Waals surface area contributed by atoms with E-state index in [1.54, 1.807) is 0 Å². The molecule has 6 heavy (non-hydrogen) atoms. The largest absolute Gasteiger partial charge is 0.341 e. The molecule has 4 heteroatoms. The highest BCUT2D eigenvalue weighted by molar-refractivity contribution is 7.58. The van der Waals surface area contributed by atoms with Crippen molar-refractivity contribution in [1.29, 1.82) is 0 Å². The van der Waals surface area contributed by atoms with Crippen LogP contribution in [0.1, 0.15) is 6.92 Å². The van der Waals surface area contributed by atoms with Gasteiger partial charge in [0.05, 0.1) is 0 Å². The zero-order valence-corrected chi connectivity index (χ0v) is 4.26. The molecule has 0 aromatic heterocycles. The molecule has 0 spiro atoms. The van der Waals surface area contributed by atoms with Gasteiger partial charge in [0.25, 0.3) is 8.03 Å². The highest BCUT2D eigenvalue weighted by Gasteiger charge is 1.94. The molecule has 0 aliphatic rings. The summed E-state index contributed by atoms with van der Waals surface area (Å²) in [4.78, 5) is 17.5. The average Bonchev–Trinajstić information content (AvgIpc) is 1.36. The van der Waals surface area contributed by atoms with E-state index in [0.717, 1.165) is 6.92 Å². The summed E-state index contributed by atoms with van der Waals surface area (Å²) in [6.07, 6.45) is 0. The fraction of sp³-hybridized carbons (Fsp3) is 0.500. The number of hydrogen-bond acceptors (Lipinski definition) is 2. The highest BCUT2D eigenvalue weighted by atomic mass is 31.1. The molecule has 36 valence electrons. The summed E-state index contributed by atoms with van der Waals surface area (Å²) in [5, 5.41) is 0. The van der Waals surface area contributed by atoms with Crippen LogP contribution in [0.4, 0.5) is 0 Å². The van der Waals surface area contributed by atoms with Crippen LogP contribution in [0.3, 0.4) is 0 Å². The fourth-order valence-corrected chi connectivity index (χ4v) is 0. The third kappa shape index (κ3) is 2.12. The second-order valence-corrected chi connectivity index (χ2v) is 2.18. The molecule has 0 saturated heterocycles. The Morgan fingerprint density at radius 3 is 2.00 bits per heavy atom. The first-order valence-corrected chi connectivity index (χ1v) is 2.74. The summed E-state index contributed by atoms with van der Waals surface area (Å²) in [6.45, 7) is 1.08. The van der Waals surface area contributed by atoms with Crippen LogP contribution in [0.15, 0.2) is 0 Å². The van der Waals surface area contributed by atoms with Crippen LogP contribution in [0.25, 0.3) is 0 Å². The highest BCUT2D eigenvalue weighted by Crippen LogP contribution is 2.11. The third-order valence-electron chi connectivity index (χ3n) is 0.301. The van der Waals surface area contributed by atoms with Gasteiger partial charge in [-0.25, -0.2) is 0 Å². The molecule has 3 nitrogen and oxygen atoms in total. The van der Waals surface area contributed by atoms with Gasteiger partial charge in [0.1, 0.15) is 0 Å². The van der Waals surface area contributed by atoms with Crippen molar-refractivity contribution in [2.24, 2.45) is 0 Å². The lowest BCUT2D eigenvalue weighted by atomic mass is 10.9. The van der Waals surface area contributed by atoms with Crippen LogP contribution in [0, 0.1) is 0 Å². The van der Waals surface area contributed by atoms with Crippen LogP contribution < -0.4 is 0 Å². The maximum atomic E-state index is 9.63. The molecule has 0 bridgehead atoms. The van der Waals surface area contributed by atoms with E-state index >= 15 is 0 Å². The molecular weight excluding hydrogens is 103 g/mol. The SMILES string of the molecule is CC(=O)[PH](=O)O. The maximum absolute atomic E-state index is 9.63. The number of hydrogen-bond donors (Lipinski definition) is 1. The predicted octanol–water partition coefficient (Wildman–Crippen LogP) is -0.0001000.